The summed E-state index contributed by atoms with van der Waals surface area (Å²) >= 11 is 0. The van der Waals surface area contributed by atoms with Crippen molar-refractivity contribution >= 4 is 35.4 Å². The highest BCUT2D eigenvalue weighted by Gasteiger charge is 2.67. The first-order valence-electron chi connectivity index (χ1n) is 12.9. The number of carbonyl (C=O) groups is 3. The van der Waals surface area contributed by atoms with Crippen LogP contribution in [-0.2, 0) is 15.0 Å². The molecule has 4 aromatic carbocycles. The van der Waals surface area contributed by atoms with Gasteiger partial charge in [-0.3, -0.25) is 14.6 Å². The number of rotatable bonds is 4. The second-order valence-electron chi connectivity index (χ2n) is 10.5. The molecular formula is C33H24N2O4. The fourth-order valence-corrected chi connectivity index (χ4v) is 6.89. The number of aliphatic imine (C=N–C) groups is 1. The molecule has 1 aliphatic heterocycles. The van der Waals surface area contributed by atoms with Gasteiger partial charge in [-0.1, -0.05) is 72.3 Å². The predicted molar refractivity (Wildman–Crippen MR) is 148 cm³/mol. The van der Waals surface area contributed by atoms with Crippen molar-refractivity contribution in [3.63, 3.8) is 0 Å². The third kappa shape index (κ3) is 3.15. The summed E-state index contributed by atoms with van der Waals surface area (Å²) in [5.41, 5.74) is 5.17. The van der Waals surface area contributed by atoms with E-state index in [2.05, 4.69) is 0 Å². The van der Waals surface area contributed by atoms with Gasteiger partial charge in [0.25, 0.3) is 0 Å². The molecule has 1 saturated heterocycles. The van der Waals surface area contributed by atoms with Crippen molar-refractivity contribution in [2.45, 2.75) is 18.3 Å². The van der Waals surface area contributed by atoms with Gasteiger partial charge in [-0.2, -0.15) is 0 Å². The van der Waals surface area contributed by atoms with Gasteiger partial charge in [-0.05, 0) is 59.5 Å². The average molecular weight is 513 g/mol. The van der Waals surface area contributed by atoms with Gasteiger partial charge in [-0.25, -0.2) is 9.69 Å². The largest absolute Gasteiger partial charge is 0.478 e. The van der Waals surface area contributed by atoms with Crippen LogP contribution in [0.25, 0.3) is 0 Å². The maximum Gasteiger partial charge on any atom is 0.335 e. The number of benzene rings is 4. The third-order valence-corrected chi connectivity index (χ3v) is 8.49. The molecule has 2 atom stereocenters. The highest BCUT2D eigenvalue weighted by molar-refractivity contribution is 6.25. The lowest BCUT2D eigenvalue weighted by Gasteiger charge is -2.52. The maximum absolute atomic E-state index is 14.4. The number of carbonyl (C=O) groups excluding carboxylic acids is 2. The number of amides is 2. The van der Waals surface area contributed by atoms with Gasteiger partial charge < -0.3 is 5.11 Å². The molecule has 0 unspecified atom stereocenters. The van der Waals surface area contributed by atoms with E-state index in [0.29, 0.717) is 11.4 Å². The number of aromatic carboxylic acids is 1. The van der Waals surface area contributed by atoms with Gasteiger partial charge in [0.15, 0.2) is 0 Å². The first-order valence-corrected chi connectivity index (χ1v) is 12.9. The standard InChI is InChI=1S/C33H24N2O4/c1-19-13-15-22(16-14-19)35-30(36)28-27-23-9-2-4-11-25(23)33(29(28)31(35)37,26-12-5-3-10-24(26)27)18-34-21-8-6-7-20(17-21)32(38)39/h2-18,27-29H,1H3,(H,38,39)/t27?,28-,29+,33?/m0/s1. The van der Waals surface area contributed by atoms with Crippen LogP contribution in [0.5, 0.6) is 0 Å². The number of carboxylic acids is 1. The SMILES string of the molecule is Cc1ccc(N2C(=O)[C@H]3C4c5ccccc5C(C=Nc5cccc(C(=O)O)c5)(c5ccccc54)[C@H]3C2=O)cc1. The molecule has 0 saturated carbocycles. The molecule has 6 heteroatoms. The number of imide groups is 1. The van der Waals surface area contributed by atoms with Crippen LogP contribution in [0.2, 0.25) is 0 Å². The zero-order chi connectivity index (χ0) is 26.9. The van der Waals surface area contributed by atoms with E-state index in [4.69, 9.17) is 4.99 Å². The van der Waals surface area contributed by atoms with E-state index in [1.54, 1.807) is 18.3 Å². The highest BCUT2D eigenvalue weighted by atomic mass is 16.4. The quantitative estimate of drug-likeness (QED) is 0.283. The molecule has 1 heterocycles. The minimum Gasteiger partial charge on any atom is -0.478 e. The lowest BCUT2D eigenvalue weighted by Crippen LogP contribution is -2.54. The van der Waals surface area contributed by atoms with E-state index in [9.17, 15) is 19.5 Å². The van der Waals surface area contributed by atoms with Gasteiger partial charge in [0.2, 0.25) is 11.8 Å². The van der Waals surface area contributed by atoms with E-state index >= 15 is 0 Å². The molecule has 4 aliphatic rings. The molecule has 4 aromatic rings. The molecule has 1 N–H and O–H groups in total. The number of aryl methyl sites for hydroxylation is 1. The predicted octanol–water partition coefficient (Wildman–Crippen LogP) is 5.65. The zero-order valence-corrected chi connectivity index (χ0v) is 21.1. The number of hydrogen-bond acceptors (Lipinski definition) is 4. The van der Waals surface area contributed by atoms with Crippen LogP contribution < -0.4 is 4.90 Å². The summed E-state index contributed by atoms with van der Waals surface area (Å²) in [5, 5.41) is 9.49. The third-order valence-electron chi connectivity index (χ3n) is 8.49. The van der Waals surface area contributed by atoms with E-state index in [1.165, 1.54) is 17.0 Å². The van der Waals surface area contributed by atoms with Crippen molar-refractivity contribution in [2.24, 2.45) is 16.8 Å². The average Bonchev–Trinajstić information content (AvgIpc) is 3.23. The van der Waals surface area contributed by atoms with E-state index in [1.807, 2.05) is 79.7 Å². The second-order valence-corrected chi connectivity index (χ2v) is 10.5. The summed E-state index contributed by atoms with van der Waals surface area (Å²) in [7, 11) is 0. The first-order chi connectivity index (χ1) is 18.9. The van der Waals surface area contributed by atoms with Gasteiger partial charge in [0, 0.05) is 12.1 Å². The Kier molecular flexibility index (Phi) is 4.98. The van der Waals surface area contributed by atoms with Gasteiger partial charge in [-0.15, -0.1) is 0 Å². The monoisotopic (exact) mass is 512 g/mol. The molecule has 3 aliphatic carbocycles. The summed E-state index contributed by atoms with van der Waals surface area (Å²) in [6, 6.07) is 29.9. The number of carboxylic acid groups (broad SMARTS) is 1. The number of anilines is 1. The Morgan fingerprint density at radius 2 is 1.49 bits per heavy atom. The molecule has 0 spiro atoms. The Bertz CT molecular complexity index is 1670. The van der Waals surface area contributed by atoms with Gasteiger partial charge >= 0.3 is 5.97 Å². The van der Waals surface area contributed by atoms with Crippen LogP contribution in [-0.4, -0.2) is 29.1 Å². The van der Waals surface area contributed by atoms with Crippen molar-refractivity contribution in [3.05, 3.63) is 130 Å². The molecule has 1 fully saturated rings. The molecular weight excluding hydrogens is 488 g/mol. The van der Waals surface area contributed by atoms with Crippen molar-refractivity contribution in [1.82, 2.24) is 0 Å². The summed E-state index contributed by atoms with van der Waals surface area (Å²) in [5.74, 6) is -3.00. The molecule has 0 aromatic heterocycles. The fourth-order valence-electron chi connectivity index (χ4n) is 6.89. The summed E-state index contributed by atoms with van der Waals surface area (Å²) < 4.78 is 0. The minimum absolute atomic E-state index is 0.130. The van der Waals surface area contributed by atoms with E-state index < -0.39 is 23.2 Å². The van der Waals surface area contributed by atoms with Crippen LogP contribution in [0.4, 0.5) is 11.4 Å². The Morgan fingerprint density at radius 3 is 2.13 bits per heavy atom. The van der Waals surface area contributed by atoms with Crippen molar-refractivity contribution in [2.75, 3.05) is 4.90 Å². The lowest BCUT2D eigenvalue weighted by atomic mass is 9.47. The molecule has 0 radical (unpaired) electrons. The van der Waals surface area contributed by atoms with Crippen molar-refractivity contribution in [3.8, 4) is 0 Å². The Balaban J connectivity index is 1.48. The number of hydrogen-bond donors (Lipinski definition) is 1. The molecule has 39 heavy (non-hydrogen) atoms. The van der Waals surface area contributed by atoms with Crippen molar-refractivity contribution < 1.29 is 19.5 Å². The van der Waals surface area contributed by atoms with Crippen LogP contribution in [0, 0.1) is 18.8 Å². The Hall–Kier alpha value is -4.84. The normalized spacial score (nSPS) is 24.5. The Labute approximate surface area is 225 Å². The highest BCUT2D eigenvalue weighted by Crippen LogP contribution is 2.63. The molecule has 8 rings (SSSR count). The topological polar surface area (TPSA) is 87.0 Å². The first kappa shape index (κ1) is 23.3. The smallest absolute Gasteiger partial charge is 0.335 e. The van der Waals surface area contributed by atoms with Gasteiger partial charge in [0.05, 0.1) is 34.2 Å². The second kappa shape index (κ2) is 8.33. The summed E-state index contributed by atoms with van der Waals surface area (Å²) in [6.07, 6.45) is 1.78. The number of nitrogens with zero attached hydrogens (tertiary/aromatic N) is 2. The zero-order valence-electron chi connectivity index (χ0n) is 21.1. The fraction of sp³-hybridized carbons (Fsp3) is 0.152. The van der Waals surface area contributed by atoms with Crippen LogP contribution in [0.3, 0.4) is 0 Å². The lowest BCUT2D eigenvalue weighted by molar-refractivity contribution is -0.122. The Morgan fingerprint density at radius 1 is 0.846 bits per heavy atom. The molecule has 2 amide bonds. The van der Waals surface area contributed by atoms with Crippen LogP contribution >= 0.6 is 0 Å². The van der Waals surface area contributed by atoms with E-state index in [0.717, 1.165) is 27.8 Å². The van der Waals surface area contributed by atoms with Crippen molar-refractivity contribution in [1.29, 1.82) is 0 Å². The molecule has 190 valence electrons. The summed E-state index contributed by atoms with van der Waals surface area (Å²) in [6.45, 7) is 1.97. The molecule has 2 bridgehead atoms. The molecule has 6 nitrogen and oxygen atoms in total. The summed E-state index contributed by atoms with van der Waals surface area (Å²) in [4.78, 5) is 46.3. The maximum atomic E-state index is 14.4. The van der Waals surface area contributed by atoms with Crippen LogP contribution in [0.15, 0.2) is 102 Å². The van der Waals surface area contributed by atoms with Crippen LogP contribution in [0.1, 0.15) is 44.1 Å². The van der Waals surface area contributed by atoms with E-state index in [-0.39, 0.29) is 23.3 Å². The minimum atomic E-state index is -1.04. The van der Waals surface area contributed by atoms with Gasteiger partial charge in [0.1, 0.15) is 0 Å².